The summed E-state index contributed by atoms with van der Waals surface area (Å²) in [5.41, 5.74) is 4.98. The molecule has 1 amide bonds. The van der Waals surface area contributed by atoms with Crippen LogP contribution in [-0.2, 0) is 6.42 Å². The first-order valence-electron chi connectivity index (χ1n) is 9.15. The molecule has 0 aliphatic heterocycles. The zero-order valence-corrected chi connectivity index (χ0v) is 14.7. The van der Waals surface area contributed by atoms with E-state index in [1.54, 1.807) is 17.2 Å². The zero-order valence-electron chi connectivity index (χ0n) is 14.7. The monoisotopic (exact) mass is 357 g/mol. The van der Waals surface area contributed by atoms with Crippen LogP contribution in [0.1, 0.15) is 40.5 Å². The number of benzene rings is 2. The van der Waals surface area contributed by atoms with E-state index in [-0.39, 0.29) is 11.9 Å². The molecule has 0 fully saturated rings. The molecule has 1 aliphatic rings. The molecule has 0 saturated carbocycles. The summed E-state index contributed by atoms with van der Waals surface area (Å²) in [7, 11) is 0. The SMILES string of the molecule is O=C(N[C@@H]1CCCc2c1[nH]c1ccccc21)c1ccccc1-n1cnnc1. The number of hydrogen-bond donors (Lipinski definition) is 2. The van der Waals surface area contributed by atoms with Gasteiger partial charge in [-0.2, -0.15) is 0 Å². The number of aromatic amines is 1. The van der Waals surface area contributed by atoms with Crippen molar-refractivity contribution < 1.29 is 4.79 Å². The molecule has 134 valence electrons. The van der Waals surface area contributed by atoms with Gasteiger partial charge in [-0.3, -0.25) is 9.36 Å². The van der Waals surface area contributed by atoms with Gasteiger partial charge in [0.05, 0.1) is 17.3 Å². The summed E-state index contributed by atoms with van der Waals surface area (Å²) in [6, 6.07) is 15.8. The van der Waals surface area contributed by atoms with E-state index in [2.05, 4.69) is 38.7 Å². The van der Waals surface area contributed by atoms with E-state index in [0.29, 0.717) is 5.56 Å². The molecular formula is C21H19N5O. The number of aryl methyl sites for hydroxylation is 1. The molecular weight excluding hydrogens is 338 g/mol. The molecule has 2 N–H and O–H groups in total. The number of fused-ring (bicyclic) bond motifs is 3. The summed E-state index contributed by atoms with van der Waals surface area (Å²) >= 11 is 0. The van der Waals surface area contributed by atoms with Gasteiger partial charge in [-0.1, -0.05) is 30.3 Å². The van der Waals surface area contributed by atoms with Crippen LogP contribution in [-0.4, -0.2) is 25.7 Å². The van der Waals surface area contributed by atoms with Gasteiger partial charge in [0.25, 0.3) is 5.91 Å². The molecule has 27 heavy (non-hydrogen) atoms. The van der Waals surface area contributed by atoms with Gasteiger partial charge in [-0.25, -0.2) is 0 Å². The van der Waals surface area contributed by atoms with Crippen molar-refractivity contribution in [2.75, 3.05) is 0 Å². The first-order chi connectivity index (χ1) is 13.3. The molecule has 0 radical (unpaired) electrons. The lowest BCUT2D eigenvalue weighted by molar-refractivity contribution is 0.0932. The van der Waals surface area contributed by atoms with Crippen molar-refractivity contribution in [3.63, 3.8) is 0 Å². The van der Waals surface area contributed by atoms with Crippen LogP contribution in [0.15, 0.2) is 61.2 Å². The number of carbonyl (C=O) groups is 1. The minimum atomic E-state index is -0.0872. The van der Waals surface area contributed by atoms with Crippen LogP contribution in [0, 0.1) is 0 Å². The number of hydrogen-bond acceptors (Lipinski definition) is 3. The Balaban J connectivity index is 1.48. The molecule has 0 saturated heterocycles. The molecule has 2 aromatic carbocycles. The smallest absolute Gasteiger partial charge is 0.253 e. The van der Waals surface area contributed by atoms with Crippen LogP contribution in [0.25, 0.3) is 16.6 Å². The summed E-state index contributed by atoms with van der Waals surface area (Å²) in [6.07, 6.45) is 6.24. The minimum absolute atomic E-state index is 0.0115. The maximum absolute atomic E-state index is 13.1. The van der Waals surface area contributed by atoms with E-state index in [1.165, 1.54) is 10.9 Å². The molecule has 1 atom stereocenters. The van der Waals surface area contributed by atoms with Crippen molar-refractivity contribution >= 4 is 16.8 Å². The fraction of sp³-hybridized carbons (Fsp3) is 0.190. The molecule has 6 nitrogen and oxygen atoms in total. The summed E-state index contributed by atoms with van der Waals surface area (Å²) in [4.78, 5) is 16.6. The fourth-order valence-corrected chi connectivity index (χ4v) is 4.01. The van der Waals surface area contributed by atoms with E-state index in [4.69, 9.17) is 0 Å². The van der Waals surface area contributed by atoms with E-state index in [1.807, 2.05) is 30.3 Å². The molecule has 2 heterocycles. The van der Waals surface area contributed by atoms with Crippen LogP contribution in [0.3, 0.4) is 0 Å². The van der Waals surface area contributed by atoms with Gasteiger partial charge in [-0.05, 0) is 43.0 Å². The van der Waals surface area contributed by atoms with Crippen molar-refractivity contribution in [1.29, 1.82) is 0 Å². The van der Waals surface area contributed by atoms with Crippen LogP contribution in [0.5, 0.6) is 0 Å². The third-order valence-electron chi connectivity index (χ3n) is 5.27. The third-order valence-corrected chi connectivity index (χ3v) is 5.27. The number of carbonyl (C=O) groups excluding carboxylic acids is 1. The Bertz CT molecular complexity index is 1110. The molecule has 2 aromatic heterocycles. The van der Waals surface area contributed by atoms with Crippen LogP contribution in [0.2, 0.25) is 0 Å². The summed E-state index contributed by atoms with van der Waals surface area (Å²) in [6.45, 7) is 0. The molecule has 6 heteroatoms. The van der Waals surface area contributed by atoms with Gasteiger partial charge < -0.3 is 10.3 Å². The van der Waals surface area contributed by atoms with Gasteiger partial charge in [0.15, 0.2) is 0 Å². The highest BCUT2D eigenvalue weighted by Gasteiger charge is 2.26. The first-order valence-corrected chi connectivity index (χ1v) is 9.15. The average Bonchev–Trinajstić information content (AvgIpc) is 3.36. The second-order valence-corrected chi connectivity index (χ2v) is 6.87. The van der Waals surface area contributed by atoms with Gasteiger partial charge in [0.2, 0.25) is 0 Å². The molecule has 0 bridgehead atoms. The quantitative estimate of drug-likeness (QED) is 0.589. The van der Waals surface area contributed by atoms with Gasteiger partial charge >= 0.3 is 0 Å². The van der Waals surface area contributed by atoms with E-state index in [0.717, 1.165) is 36.2 Å². The Morgan fingerprint density at radius 2 is 1.85 bits per heavy atom. The molecule has 0 spiro atoms. The highest BCUT2D eigenvalue weighted by atomic mass is 16.1. The normalized spacial score (nSPS) is 16.2. The Morgan fingerprint density at radius 1 is 1.07 bits per heavy atom. The second-order valence-electron chi connectivity index (χ2n) is 6.87. The van der Waals surface area contributed by atoms with Crippen molar-refractivity contribution in [2.24, 2.45) is 0 Å². The Kier molecular flexibility index (Phi) is 3.74. The van der Waals surface area contributed by atoms with Crippen LogP contribution >= 0.6 is 0 Å². The fourth-order valence-electron chi connectivity index (χ4n) is 4.01. The van der Waals surface area contributed by atoms with Gasteiger partial charge in [0, 0.05) is 16.6 Å². The highest BCUT2D eigenvalue weighted by Crippen LogP contribution is 2.34. The number of amides is 1. The summed E-state index contributed by atoms with van der Waals surface area (Å²) in [5.74, 6) is -0.0872. The summed E-state index contributed by atoms with van der Waals surface area (Å²) in [5, 5.41) is 12.2. The predicted octanol–water partition coefficient (Wildman–Crippen LogP) is 3.56. The van der Waals surface area contributed by atoms with Crippen LogP contribution in [0.4, 0.5) is 0 Å². The summed E-state index contributed by atoms with van der Waals surface area (Å²) < 4.78 is 1.75. The number of nitrogens with zero attached hydrogens (tertiary/aromatic N) is 3. The molecule has 0 unspecified atom stereocenters. The molecule has 4 aromatic rings. The van der Waals surface area contributed by atoms with Gasteiger partial charge in [-0.15, -0.1) is 10.2 Å². The van der Waals surface area contributed by atoms with Crippen molar-refractivity contribution in [2.45, 2.75) is 25.3 Å². The molecule has 1 aliphatic carbocycles. The number of para-hydroxylation sites is 2. The lowest BCUT2D eigenvalue weighted by Crippen LogP contribution is -2.31. The lowest BCUT2D eigenvalue weighted by Gasteiger charge is -2.24. The third kappa shape index (κ3) is 2.70. The van der Waals surface area contributed by atoms with Crippen molar-refractivity contribution in [1.82, 2.24) is 25.1 Å². The Labute approximate surface area is 156 Å². The molecule has 5 rings (SSSR count). The highest BCUT2D eigenvalue weighted by molar-refractivity contribution is 5.98. The van der Waals surface area contributed by atoms with Crippen LogP contribution < -0.4 is 5.32 Å². The average molecular weight is 357 g/mol. The Morgan fingerprint density at radius 3 is 2.74 bits per heavy atom. The van der Waals surface area contributed by atoms with E-state index >= 15 is 0 Å². The standard InChI is InChI=1S/C21H19N5O/c27-21(16-7-2-4-11-19(16)26-12-22-23-13-26)25-18-10-5-8-15-14-6-1-3-9-17(14)24-20(15)18/h1-4,6-7,9,11-13,18,24H,5,8,10H2,(H,25,27)/t18-/m1/s1. The largest absolute Gasteiger partial charge is 0.356 e. The van der Waals surface area contributed by atoms with E-state index < -0.39 is 0 Å². The lowest BCUT2D eigenvalue weighted by atomic mass is 9.91. The number of nitrogens with one attached hydrogen (secondary N) is 2. The Hall–Kier alpha value is -3.41. The van der Waals surface area contributed by atoms with Gasteiger partial charge in [0.1, 0.15) is 12.7 Å². The second kappa shape index (κ2) is 6.39. The number of aromatic nitrogens is 4. The number of rotatable bonds is 3. The maximum Gasteiger partial charge on any atom is 0.253 e. The maximum atomic E-state index is 13.1. The van der Waals surface area contributed by atoms with E-state index in [9.17, 15) is 4.79 Å². The number of H-pyrrole nitrogens is 1. The minimum Gasteiger partial charge on any atom is -0.356 e. The van der Waals surface area contributed by atoms with Crippen molar-refractivity contribution in [3.8, 4) is 5.69 Å². The predicted molar refractivity (Wildman–Crippen MR) is 103 cm³/mol. The topological polar surface area (TPSA) is 75.6 Å². The van der Waals surface area contributed by atoms with Crippen molar-refractivity contribution in [3.05, 3.63) is 78.0 Å². The zero-order chi connectivity index (χ0) is 18.2. The first kappa shape index (κ1) is 15.8.